The lowest BCUT2D eigenvalue weighted by molar-refractivity contribution is 0.332. The monoisotopic (exact) mass is 468 g/mol. The molecule has 0 spiro atoms. The lowest BCUT2D eigenvalue weighted by Gasteiger charge is -2.36. The van der Waals surface area contributed by atoms with Gasteiger partial charge in [0.05, 0.1) is 0 Å². The van der Waals surface area contributed by atoms with Crippen LogP contribution < -0.4 is 0 Å². The van der Waals surface area contributed by atoms with Crippen LogP contribution in [0.15, 0.2) is 0 Å². The molecule has 0 aromatic rings. The van der Waals surface area contributed by atoms with Crippen LogP contribution in [0, 0.1) is 0 Å². The predicted octanol–water partition coefficient (Wildman–Crippen LogP) is 5.78. The summed E-state index contributed by atoms with van der Waals surface area (Å²) in [6.07, 6.45) is 0. The Hall–Kier alpha value is 0.924. The second-order valence-corrected chi connectivity index (χ2v) is 25.6. The molecule has 0 aliphatic rings. The molecular weight excluding hydrogens is 421 g/mol. The summed E-state index contributed by atoms with van der Waals surface area (Å²) in [6.45, 7) is 20.4. The zero-order valence-electron chi connectivity index (χ0n) is 19.7. The van der Waals surface area contributed by atoms with E-state index < -0.39 is 44.5 Å². The molecular formula is C18H48O4Si5. The van der Waals surface area contributed by atoms with Crippen molar-refractivity contribution in [2.24, 2.45) is 0 Å². The largest absolute Gasteiger partial charge is 0.438 e. The molecule has 0 bridgehead atoms. The van der Waals surface area contributed by atoms with Crippen LogP contribution in [-0.4, -0.2) is 44.5 Å². The normalized spacial score (nSPS) is 16.3. The first kappa shape index (κ1) is 27.9. The molecule has 0 fully saturated rings. The molecule has 0 aromatic heterocycles. The summed E-state index contributed by atoms with van der Waals surface area (Å²) in [5, 5.41) is 0. The smallest absolute Gasteiger partial charge is 0.303 e. The summed E-state index contributed by atoms with van der Waals surface area (Å²) < 4.78 is 26.7. The van der Waals surface area contributed by atoms with Crippen LogP contribution in [0.1, 0.15) is 62.3 Å². The second kappa shape index (κ2) is 14.8. The van der Waals surface area contributed by atoms with E-state index >= 15 is 0 Å². The maximum atomic E-state index is 6.74. The first-order valence-corrected chi connectivity index (χ1v) is 21.9. The van der Waals surface area contributed by atoms with Crippen molar-refractivity contribution in [2.75, 3.05) is 0 Å². The molecule has 9 heteroatoms. The first-order chi connectivity index (χ1) is 12.9. The minimum absolute atomic E-state index is 1.01. The van der Waals surface area contributed by atoms with E-state index in [4.69, 9.17) is 16.5 Å². The van der Waals surface area contributed by atoms with Gasteiger partial charge in [0.25, 0.3) is 0 Å². The second-order valence-electron chi connectivity index (χ2n) is 7.51. The fraction of sp³-hybridized carbons (Fsp3) is 1.00. The average molecular weight is 469 g/mol. The van der Waals surface area contributed by atoms with Gasteiger partial charge in [0.15, 0.2) is 16.6 Å². The number of hydrogen-bond acceptors (Lipinski definition) is 4. The lowest BCUT2D eigenvalue weighted by atomic mass is 10.9. The van der Waals surface area contributed by atoms with E-state index in [1.54, 1.807) is 0 Å². The molecule has 0 heterocycles. The third kappa shape index (κ3) is 9.08. The third-order valence-corrected chi connectivity index (χ3v) is 26.9. The highest BCUT2D eigenvalue weighted by Gasteiger charge is 2.36. The third-order valence-electron chi connectivity index (χ3n) is 6.24. The quantitative estimate of drug-likeness (QED) is 0.253. The van der Waals surface area contributed by atoms with Crippen LogP contribution in [0.25, 0.3) is 0 Å². The van der Waals surface area contributed by atoms with Crippen molar-refractivity contribution < 1.29 is 16.5 Å². The van der Waals surface area contributed by atoms with Crippen molar-refractivity contribution in [2.45, 2.75) is 117 Å². The lowest BCUT2D eigenvalue weighted by Crippen LogP contribution is -2.48. The summed E-state index contributed by atoms with van der Waals surface area (Å²) in [4.78, 5) is 0. The Morgan fingerprint density at radius 2 is 0.704 bits per heavy atom. The molecule has 0 aromatic carbocycles. The Labute approximate surface area is 177 Å². The molecule has 0 saturated heterocycles. The van der Waals surface area contributed by atoms with E-state index in [2.05, 4.69) is 62.3 Å². The van der Waals surface area contributed by atoms with Crippen molar-refractivity contribution in [3.63, 3.8) is 0 Å². The first-order valence-electron chi connectivity index (χ1n) is 11.5. The maximum Gasteiger partial charge on any atom is 0.303 e. The zero-order chi connectivity index (χ0) is 20.9. The highest BCUT2D eigenvalue weighted by molar-refractivity contribution is 6.81. The van der Waals surface area contributed by atoms with E-state index in [1.807, 2.05) is 0 Å². The summed E-state index contributed by atoms with van der Waals surface area (Å²) in [7, 11) is -8.15. The average Bonchev–Trinajstić information content (AvgIpc) is 2.73. The van der Waals surface area contributed by atoms with Gasteiger partial charge in [0.2, 0.25) is 0 Å². The SMILES string of the molecule is CC[SiH](O[SiH](CC)O[Si](CC)(CC)CC)O[SiH](CC)O[Si](CC)(CC)CC. The van der Waals surface area contributed by atoms with Crippen molar-refractivity contribution in [1.82, 2.24) is 0 Å². The van der Waals surface area contributed by atoms with Gasteiger partial charge in [0, 0.05) is 0 Å². The van der Waals surface area contributed by atoms with Crippen LogP contribution >= 0.6 is 0 Å². The van der Waals surface area contributed by atoms with Gasteiger partial charge in [-0.1, -0.05) is 62.3 Å². The Bertz CT molecular complexity index is 319. The Balaban J connectivity index is 5.01. The van der Waals surface area contributed by atoms with Crippen LogP contribution in [-0.2, 0) is 16.5 Å². The van der Waals surface area contributed by atoms with Gasteiger partial charge in [-0.3, -0.25) is 0 Å². The standard InChI is InChI=1S/C18H48O4Si5/c1-10-23(19-24(11-2)21-26(13-4,14-5)15-6)20-25(12-3)22-27(16-7,17-8)18-9/h23-25H,10-18H2,1-9H3. The molecule has 0 amide bonds. The Morgan fingerprint density at radius 1 is 0.444 bits per heavy atom. The molecule has 164 valence electrons. The number of rotatable bonds is 17. The Morgan fingerprint density at radius 3 is 0.889 bits per heavy atom. The molecule has 0 rings (SSSR count). The van der Waals surface area contributed by atoms with Crippen molar-refractivity contribution >= 4 is 44.5 Å². The summed E-state index contributed by atoms with van der Waals surface area (Å²) in [6, 6.07) is 10.3. The van der Waals surface area contributed by atoms with E-state index in [0.29, 0.717) is 0 Å². The molecule has 0 aliphatic carbocycles. The summed E-state index contributed by atoms with van der Waals surface area (Å²) in [5.74, 6) is 0. The molecule has 27 heavy (non-hydrogen) atoms. The van der Waals surface area contributed by atoms with Gasteiger partial charge >= 0.3 is 27.9 Å². The molecule has 2 unspecified atom stereocenters. The van der Waals surface area contributed by atoms with E-state index in [0.717, 1.165) is 18.1 Å². The van der Waals surface area contributed by atoms with Gasteiger partial charge in [0.1, 0.15) is 0 Å². The topological polar surface area (TPSA) is 36.9 Å². The van der Waals surface area contributed by atoms with Crippen LogP contribution in [0.3, 0.4) is 0 Å². The molecule has 0 radical (unpaired) electrons. The van der Waals surface area contributed by atoms with Crippen LogP contribution in [0.4, 0.5) is 0 Å². The van der Waals surface area contributed by atoms with Gasteiger partial charge in [-0.15, -0.1) is 0 Å². The highest BCUT2D eigenvalue weighted by atomic mass is 28.5. The summed E-state index contributed by atoms with van der Waals surface area (Å²) in [5.41, 5.74) is 0. The molecule has 4 nitrogen and oxygen atoms in total. The van der Waals surface area contributed by atoms with E-state index in [-0.39, 0.29) is 0 Å². The van der Waals surface area contributed by atoms with Gasteiger partial charge in [-0.05, 0) is 54.4 Å². The molecule has 0 aliphatic heterocycles. The van der Waals surface area contributed by atoms with Gasteiger partial charge in [-0.25, -0.2) is 0 Å². The fourth-order valence-corrected chi connectivity index (χ4v) is 24.4. The minimum atomic E-state index is -1.69. The van der Waals surface area contributed by atoms with E-state index in [1.165, 1.54) is 36.3 Å². The van der Waals surface area contributed by atoms with Crippen molar-refractivity contribution in [3.05, 3.63) is 0 Å². The van der Waals surface area contributed by atoms with Gasteiger partial charge in [-0.2, -0.15) is 0 Å². The van der Waals surface area contributed by atoms with E-state index in [9.17, 15) is 0 Å². The number of hydrogen-bond donors (Lipinski definition) is 0. The van der Waals surface area contributed by atoms with Crippen molar-refractivity contribution in [3.8, 4) is 0 Å². The summed E-state index contributed by atoms with van der Waals surface area (Å²) >= 11 is 0. The maximum absolute atomic E-state index is 6.74. The van der Waals surface area contributed by atoms with Crippen molar-refractivity contribution in [1.29, 1.82) is 0 Å². The minimum Gasteiger partial charge on any atom is -0.438 e. The molecule has 0 N–H and O–H groups in total. The predicted molar refractivity (Wildman–Crippen MR) is 132 cm³/mol. The van der Waals surface area contributed by atoms with Crippen LogP contribution in [0.2, 0.25) is 54.4 Å². The van der Waals surface area contributed by atoms with Crippen LogP contribution in [0.5, 0.6) is 0 Å². The highest BCUT2D eigenvalue weighted by Crippen LogP contribution is 2.26. The molecule has 2 atom stereocenters. The van der Waals surface area contributed by atoms with Gasteiger partial charge < -0.3 is 16.5 Å². The Kier molecular flexibility index (Phi) is 15.3. The molecule has 0 saturated carbocycles. The zero-order valence-corrected chi connectivity index (χ0v) is 25.2. The fourth-order valence-electron chi connectivity index (χ4n) is 3.54.